The van der Waals surface area contributed by atoms with Crippen LogP contribution in [-0.2, 0) is 16.0 Å². The Hall–Kier alpha value is -3.02. The van der Waals surface area contributed by atoms with E-state index < -0.39 is 0 Å². The summed E-state index contributed by atoms with van der Waals surface area (Å²) in [6.07, 6.45) is 3.39. The maximum Gasteiger partial charge on any atom is 0.228 e. The molecule has 2 amide bonds. The number of piperidine rings is 1. The molecule has 2 aromatic carbocycles. The molecule has 2 saturated heterocycles. The quantitative estimate of drug-likeness (QED) is 0.762. The van der Waals surface area contributed by atoms with Crippen molar-refractivity contribution in [2.45, 2.75) is 25.7 Å². The Morgan fingerprint density at radius 1 is 0.968 bits per heavy atom. The first kappa shape index (κ1) is 19.9. The van der Waals surface area contributed by atoms with Crippen LogP contribution >= 0.6 is 0 Å². The molecule has 1 atom stereocenters. The third-order valence-corrected chi connectivity index (χ3v) is 6.61. The smallest absolute Gasteiger partial charge is 0.228 e. The molecule has 1 unspecified atom stereocenters. The molecular formula is C25H28N2O4. The van der Waals surface area contributed by atoms with Crippen molar-refractivity contribution in [3.8, 4) is 11.5 Å². The predicted octanol–water partition coefficient (Wildman–Crippen LogP) is 3.29. The highest BCUT2D eigenvalue weighted by Gasteiger charge is 2.38. The largest absolute Gasteiger partial charge is 0.486 e. The number of fused-ring (bicyclic) bond motifs is 1. The fourth-order valence-electron chi connectivity index (χ4n) is 4.89. The molecule has 3 aliphatic rings. The second kappa shape index (κ2) is 8.61. The highest BCUT2D eigenvalue weighted by Crippen LogP contribution is 2.36. The average Bonchev–Trinajstić information content (AvgIpc) is 3.21. The molecule has 31 heavy (non-hydrogen) atoms. The van der Waals surface area contributed by atoms with Gasteiger partial charge in [-0.3, -0.25) is 9.59 Å². The molecule has 3 heterocycles. The van der Waals surface area contributed by atoms with Crippen LogP contribution < -0.4 is 14.4 Å². The van der Waals surface area contributed by atoms with E-state index in [4.69, 9.17) is 9.47 Å². The summed E-state index contributed by atoms with van der Waals surface area (Å²) >= 11 is 0. The van der Waals surface area contributed by atoms with E-state index in [1.807, 2.05) is 29.2 Å². The molecule has 0 radical (unpaired) electrons. The van der Waals surface area contributed by atoms with E-state index in [9.17, 15) is 9.59 Å². The van der Waals surface area contributed by atoms with E-state index in [1.54, 1.807) is 4.90 Å². The molecular weight excluding hydrogens is 392 g/mol. The van der Waals surface area contributed by atoms with Gasteiger partial charge in [-0.05, 0) is 42.9 Å². The van der Waals surface area contributed by atoms with E-state index in [-0.39, 0.29) is 24.2 Å². The molecule has 0 saturated carbocycles. The van der Waals surface area contributed by atoms with Crippen LogP contribution in [0, 0.1) is 11.8 Å². The average molecular weight is 421 g/mol. The summed E-state index contributed by atoms with van der Waals surface area (Å²) < 4.78 is 11.2. The van der Waals surface area contributed by atoms with Crippen LogP contribution in [0.2, 0.25) is 0 Å². The lowest BCUT2D eigenvalue weighted by Gasteiger charge is -2.33. The molecule has 6 nitrogen and oxygen atoms in total. The van der Waals surface area contributed by atoms with Gasteiger partial charge in [-0.1, -0.05) is 30.3 Å². The normalized spacial score (nSPS) is 21.4. The van der Waals surface area contributed by atoms with Crippen molar-refractivity contribution < 1.29 is 19.1 Å². The number of hydrogen-bond acceptors (Lipinski definition) is 4. The number of likely N-dealkylation sites (tertiary alicyclic amines) is 1. The van der Waals surface area contributed by atoms with Gasteiger partial charge in [0.25, 0.3) is 0 Å². The van der Waals surface area contributed by atoms with Crippen molar-refractivity contribution in [1.82, 2.24) is 4.90 Å². The molecule has 0 aromatic heterocycles. The maximum atomic E-state index is 13.1. The molecule has 162 valence electrons. The number of ether oxygens (including phenoxy) is 2. The van der Waals surface area contributed by atoms with Crippen LogP contribution in [0.15, 0.2) is 48.5 Å². The number of amides is 2. The lowest BCUT2D eigenvalue weighted by atomic mass is 9.89. The van der Waals surface area contributed by atoms with Gasteiger partial charge in [0.05, 0.1) is 5.92 Å². The monoisotopic (exact) mass is 420 g/mol. The Balaban J connectivity index is 1.18. The number of anilines is 1. The summed E-state index contributed by atoms with van der Waals surface area (Å²) in [4.78, 5) is 29.5. The van der Waals surface area contributed by atoms with Gasteiger partial charge in [0.1, 0.15) is 13.2 Å². The third kappa shape index (κ3) is 4.24. The van der Waals surface area contributed by atoms with Gasteiger partial charge in [0, 0.05) is 37.8 Å². The van der Waals surface area contributed by atoms with Crippen LogP contribution in [0.1, 0.15) is 24.8 Å². The Bertz CT molecular complexity index is 953. The zero-order valence-electron chi connectivity index (χ0n) is 17.7. The summed E-state index contributed by atoms with van der Waals surface area (Å²) in [5, 5.41) is 0. The molecule has 0 bridgehead atoms. The Kier molecular flexibility index (Phi) is 5.53. The van der Waals surface area contributed by atoms with Crippen molar-refractivity contribution in [2.75, 3.05) is 37.7 Å². The highest BCUT2D eigenvalue weighted by molar-refractivity contribution is 6.00. The van der Waals surface area contributed by atoms with Crippen molar-refractivity contribution in [2.24, 2.45) is 11.8 Å². The topological polar surface area (TPSA) is 59.1 Å². The lowest BCUT2D eigenvalue weighted by Crippen LogP contribution is -2.42. The van der Waals surface area contributed by atoms with Gasteiger partial charge in [-0.2, -0.15) is 0 Å². The van der Waals surface area contributed by atoms with E-state index in [0.717, 1.165) is 38.0 Å². The minimum atomic E-state index is -0.272. The zero-order chi connectivity index (χ0) is 21.2. The predicted molar refractivity (Wildman–Crippen MR) is 117 cm³/mol. The van der Waals surface area contributed by atoms with Gasteiger partial charge < -0.3 is 19.3 Å². The van der Waals surface area contributed by atoms with Crippen molar-refractivity contribution in [3.63, 3.8) is 0 Å². The van der Waals surface area contributed by atoms with Crippen LogP contribution in [0.3, 0.4) is 0 Å². The first-order valence-electron chi connectivity index (χ1n) is 11.2. The second-order valence-corrected chi connectivity index (χ2v) is 8.69. The summed E-state index contributed by atoms with van der Waals surface area (Å²) in [6.45, 7) is 3.04. The number of hydrogen-bond donors (Lipinski definition) is 0. The first-order chi connectivity index (χ1) is 15.2. The van der Waals surface area contributed by atoms with Crippen LogP contribution in [-0.4, -0.2) is 49.6 Å². The van der Waals surface area contributed by atoms with Gasteiger partial charge in [0.2, 0.25) is 11.8 Å². The van der Waals surface area contributed by atoms with E-state index in [2.05, 4.69) is 24.3 Å². The maximum absolute atomic E-state index is 13.1. The zero-order valence-corrected chi connectivity index (χ0v) is 17.7. The van der Waals surface area contributed by atoms with Crippen molar-refractivity contribution >= 4 is 17.5 Å². The Morgan fingerprint density at radius 3 is 2.48 bits per heavy atom. The first-order valence-corrected chi connectivity index (χ1v) is 11.2. The van der Waals surface area contributed by atoms with Crippen LogP contribution in [0.25, 0.3) is 0 Å². The molecule has 0 N–H and O–H groups in total. The summed E-state index contributed by atoms with van der Waals surface area (Å²) in [6, 6.07) is 16.1. The number of carbonyl (C=O) groups excluding carboxylic acids is 2. The van der Waals surface area contributed by atoms with E-state index in [1.165, 1.54) is 5.56 Å². The Morgan fingerprint density at radius 2 is 1.71 bits per heavy atom. The van der Waals surface area contributed by atoms with Crippen molar-refractivity contribution in [3.05, 3.63) is 54.1 Å². The van der Waals surface area contributed by atoms with Crippen LogP contribution in [0.4, 0.5) is 5.69 Å². The Labute approximate surface area is 182 Å². The molecule has 0 aliphatic carbocycles. The molecule has 2 fully saturated rings. The standard InChI is InChI=1S/C25H28N2O4/c28-24-15-20(17-27(24)21-6-7-22-23(16-21)31-13-12-30-22)25(29)26-10-8-19(9-11-26)14-18-4-2-1-3-5-18/h1-7,16,19-20H,8-15,17H2. The van der Waals surface area contributed by atoms with Gasteiger partial charge in [0.15, 0.2) is 11.5 Å². The number of rotatable bonds is 4. The molecule has 3 aliphatic heterocycles. The van der Waals surface area contributed by atoms with Crippen LogP contribution in [0.5, 0.6) is 11.5 Å². The number of nitrogens with zero attached hydrogens (tertiary/aromatic N) is 2. The van der Waals surface area contributed by atoms with E-state index in [0.29, 0.717) is 37.2 Å². The summed E-state index contributed by atoms with van der Waals surface area (Å²) in [5.41, 5.74) is 2.13. The number of benzene rings is 2. The highest BCUT2D eigenvalue weighted by atomic mass is 16.6. The van der Waals surface area contributed by atoms with E-state index >= 15 is 0 Å². The second-order valence-electron chi connectivity index (χ2n) is 8.69. The van der Waals surface area contributed by atoms with Gasteiger partial charge in [-0.15, -0.1) is 0 Å². The summed E-state index contributed by atoms with van der Waals surface area (Å²) in [5.74, 6) is 1.82. The fourth-order valence-corrected chi connectivity index (χ4v) is 4.89. The van der Waals surface area contributed by atoms with Gasteiger partial charge in [-0.25, -0.2) is 0 Å². The third-order valence-electron chi connectivity index (χ3n) is 6.61. The summed E-state index contributed by atoms with van der Waals surface area (Å²) in [7, 11) is 0. The lowest BCUT2D eigenvalue weighted by molar-refractivity contribution is -0.137. The molecule has 5 rings (SSSR count). The molecule has 2 aromatic rings. The minimum Gasteiger partial charge on any atom is -0.486 e. The van der Waals surface area contributed by atoms with Crippen molar-refractivity contribution in [1.29, 1.82) is 0 Å². The fraction of sp³-hybridized carbons (Fsp3) is 0.440. The molecule has 6 heteroatoms. The van der Waals surface area contributed by atoms with Gasteiger partial charge >= 0.3 is 0 Å². The molecule has 0 spiro atoms. The minimum absolute atomic E-state index is 0.00556. The number of carbonyl (C=O) groups is 2. The SMILES string of the molecule is O=C(C1CC(=O)N(c2ccc3c(c2)OCCO3)C1)N1CCC(Cc2ccccc2)CC1.